The molecular formula is C22H11BrClF3N6O2. The van der Waals surface area contributed by atoms with Crippen LogP contribution in [0.2, 0.25) is 5.02 Å². The van der Waals surface area contributed by atoms with E-state index in [9.17, 15) is 18.0 Å². The van der Waals surface area contributed by atoms with Crippen LogP contribution in [0, 0.1) is 0 Å². The summed E-state index contributed by atoms with van der Waals surface area (Å²) in [5.74, 6) is -0.539. The van der Waals surface area contributed by atoms with Crippen LogP contribution in [0.5, 0.6) is 5.75 Å². The molecule has 0 saturated carbocycles. The van der Waals surface area contributed by atoms with Crippen molar-refractivity contribution in [3.05, 3.63) is 80.6 Å². The Hall–Kier alpha value is -3.77. The quantitative estimate of drug-likeness (QED) is 0.297. The first-order chi connectivity index (χ1) is 16.7. The van der Waals surface area contributed by atoms with Gasteiger partial charge in [0.2, 0.25) is 5.95 Å². The maximum Gasteiger partial charge on any atom is 0.573 e. The van der Waals surface area contributed by atoms with Crippen molar-refractivity contribution in [2.75, 3.05) is 5.32 Å². The Morgan fingerprint density at radius 1 is 1.06 bits per heavy atom. The van der Waals surface area contributed by atoms with Crippen LogP contribution >= 0.6 is 27.5 Å². The van der Waals surface area contributed by atoms with Gasteiger partial charge >= 0.3 is 6.36 Å². The van der Waals surface area contributed by atoms with Crippen molar-refractivity contribution in [2.24, 2.45) is 0 Å². The first-order valence-corrected chi connectivity index (χ1v) is 11.0. The van der Waals surface area contributed by atoms with Crippen molar-refractivity contribution in [3.63, 3.8) is 0 Å². The molecule has 0 radical (unpaired) electrons. The summed E-state index contributed by atoms with van der Waals surface area (Å²) in [6.45, 7) is 0. The third-order valence-corrected chi connectivity index (χ3v) is 5.67. The average Bonchev–Trinajstić information content (AvgIpc) is 3.13. The highest BCUT2D eigenvalue weighted by Crippen LogP contribution is 2.36. The number of benzene rings is 2. The van der Waals surface area contributed by atoms with Crippen LogP contribution in [0.4, 0.5) is 24.8 Å². The molecule has 3 heterocycles. The summed E-state index contributed by atoms with van der Waals surface area (Å²) in [6.07, 6.45) is -3.60. The van der Waals surface area contributed by atoms with Crippen LogP contribution in [0.15, 0.2) is 70.1 Å². The van der Waals surface area contributed by atoms with Gasteiger partial charge in [0.25, 0.3) is 5.56 Å². The van der Waals surface area contributed by atoms with E-state index in [2.05, 4.69) is 46.0 Å². The monoisotopic (exact) mass is 562 g/mol. The lowest BCUT2D eigenvalue weighted by molar-refractivity contribution is -0.274. The summed E-state index contributed by atoms with van der Waals surface area (Å²) in [4.78, 5) is 25.1. The molecular weight excluding hydrogens is 553 g/mol. The van der Waals surface area contributed by atoms with Crippen LogP contribution in [0.3, 0.4) is 0 Å². The van der Waals surface area contributed by atoms with E-state index in [-0.39, 0.29) is 33.7 Å². The second kappa shape index (κ2) is 8.78. The third kappa shape index (κ3) is 4.62. The van der Waals surface area contributed by atoms with E-state index >= 15 is 0 Å². The number of para-hydroxylation sites is 1. The van der Waals surface area contributed by atoms with E-state index in [0.29, 0.717) is 15.4 Å². The van der Waals surface area contributed by atoms with Gasteiger partial charge < -0.3 is 10.1 Å². The fourth-order valence-electron chi connectivity index (χ4n) is 3.35. The molecule has 0 atom stereocenters. The molecule has 5 rings (SSSR count). The summed E-state index contributed by atoms with van der Waals surface area (Å²) < 4.78 is 45.2. The number of halogens is 5. The van der Waals surface area contributed by atoms with Crippen LogP contribution in [-0.2, 0) is 0 Å². The standard InChI is InChI=1S/C22H11BrClF3N6O2/c23-14-5-3-4-13-17(14)30-21(29-15-6-1-2-9-28-20(15)34)33-19(13)31-18(32-33)12-8-7-11(24)10-16(12)35-22(25,26)27/h1-10H,(H,28,29,30,34). The van der Waals surface area contributed by atoms with Crippen LogP contribution < -0.4 is 15.6 Å². The normalized spacial score (nSPS) is 11.7. The minimum Gasteiger partial charge on any atom is -0.405 e. The lowest BCUT2D eigenvalue weighted by Crippen LogP contribution is -2.17. The fraction of sp³-hybridized carbons (Fsp3) is 0.0455. The van der Waals surface area contributed by atoms with Gasteiger partial charge in [-0.1, -0.05) is 23.7 Å². The van der Waals surface area contributed by atoms with Gasteiger partial charge in [-0.25, -0.2) is 15.0 Å². The number of hydrogen-bond acceptors (Lipinski definition) is 7. The zero-order valence-electron chi connectivity index (χ0n) is 17.2. The maximum atomic E-state index is 13.0. The lowest BCUT2D eigenvalue weighted by Gasteiger charge is -2.11. The van der Waals surface area contributed by atoms with E-state index < -0.39 is 17.7 Å². The number of aromatic nitrogens is 5. The summed E-state index contributed by atoms with van der Waals surface area (Å²) in [7, 11) is 0. The van der Waals surface area contributed by atoms with Crippen molar-refractivity contribution in [1.29, 1.82) is 0 Å². The number of nitrogens with zero attached hydrogens (tertiary/aromatic N) is 5. The highest BCUT2D eigenvalue weighted by atomic mass is 79.9. The minimum absolute atomic E-state index is 0.0400. The van der Waals surface area contributed by atoms with Crippen molar-refractivity contribution in [3.8, 4) is 17.1 Å². The first kappa shape index (κ1) is 23.0. The largest absolute Gasteiger partial charge is 0.573 e. The van der Waals surface area contributed by atoms with Crippen molar-refractivity contribution in [1.82, 2.24) is 24.6 Å². The Balaban J connectivity index is 1.76. The zero-order chi connectivity index (χ0) is 24.7. The molecule has 176 valence electrons. The predicted octanol–water partition coefficient (Wildman–Crippen LogP) is 5.76. The molecule has 3 aromatic heterocycles. The predicted molar refractivity (Wildman–Crippen MR) is 127 cm³/mol. The van der Waals surface area contributed by atoms with E-state index in [0.717, 1.165) is 6.07 Å². The Morgan fingerprint density at radius 3 is 2.69 bits per heavy atom. The van der Waals surface area contributed by atoms with Gasteiger partial charge in [-0.05, 0) is 58.4 Å². The van der Waals surface area contributed by atoms with Crippen LogP contribution in [0.1, 0.15) is 0 Å². The topological polar surface area (TPSA) is 94.3 Å². The summed E-state index contributed by atoms with van der Waals surface area (Å²) >= 11 is 9.34. The molecule has 0 unspecified atom stereocenters. The van der Waals surface area contributed by atoms with Crippen molar-refractivity contribution >= 4 is 55.7 Å². The van der Waals surface area contributed by atoms with E-state index in [1.165, 1.54) is 28.9 Å². The Labute approximate surface area is 207 Å². The number of ether oxygens (including phenoxy) is 1. The molecule has 0 spiro atoms. The molecule has 0 aliphatic carbocycles. The zero-order valence-corrected chi connectivity index (χ0v) is 19.6. The van der Waals surface area contributed by atoms with Gasteiger partial charge in [0, 0.05) is 21.1 Å². The SMILES string of the molecule is O=c1nccccc1Nc1nc2c(Br)cccc2c2nc(-c3ccc(Cl)cc3OC(F)(F)F)nn12. The van der Waals surface area contributed by atoms with Gasteiger partial charge in [-0.2, -0.15) is 4.52 Å². The molecule has 0 amide bonds. The third-order valence-electron chi connectivity index (χ3n) is 4.79. The van der Waals surface area contributed by atoms with Gasteiger partial charge in [0.05, 0.1) is 11.1 Å². The van der Waals surface area contributed by atoms with Crippen LogP contribution in [-0.4, -0.2) is 30.9 Å². The molecule has 0 saturated heterocycles. The molecule has 0 aliphatic heterocycles. The molecule has 0 aliphatic rings. The Morgan fingerprint density at radius 2 is 1.89 bits per heavy atom. The Kier molecular flexibility index (Phi) is 5.77. The molecule has 8 nitrogen and oxygen atoms in total. The molecule has 0 bridgehead atoms. The molecule has 5 aromatic rings. The highest BCUT2D eigenvalue weighted by Gasteiger charge is 2.33. The van der Waals surface area contributed by atoms with Crippen molar-refractivity contribution < 1.29 is 17.9 Å². The maximum absolute atomic E-state index is 13.0. The van der Waals surface area contributed by atoms with Crippen LogP contribution in [0.25, 0.3) is 27.9 Å². The number of nitrogens with one attached hydrogen (secondary N) is 1. The molecule has 1 N–H and O–H groups in total. The highest BCUT2D eigenvalue weighted by molar-refractivity contribution is 9.10. The second-order valence-corrected chi connectivity index (χ2v) is 8.39. The van der Waals surface area contributed by atoms with Gasteiger partial charge in [0.15, 0.2) is 11.5 Å². The fourth-order valence-corrected chi connectivity index (χ4v) is 3.97. The van der Waals surface area contributed by atoms with Crippen molar-refractivity contribution in [2.45, 2.75) is 6.36 Å². The number of hydrogen-bond donors (Lipinski definition) is 1. The second-order valence-electron chi connectivity index (χ2n) is 7.10. The Bertz CT molecular complexity index is 1660. The first-order valence-electron chi connectivity index (χ1n) is 9.83. The minimum atomic E-state index is -4.95. The summed E-state index contributed by atoms with van der Waals surface area (Å²) in [6, 6.07) is 13.7. The van der Waals surface area contributed by atoms with Gasteiger partial charge in [0.1, 0.15) is 11.4 Å². The van der Waals surface area contributed by atoms with E-state index in [1.54, 1.807) is 30.3 Å². The number of alkyl halides is 3. The average molecular weight is 564 g/mol. The molecule has 13 heteroatoms. The molecule has 35 heavy (non-hydrogen) atoms. The number of anilines is 2. The summed E-state index contributed by atoms with van der Waals surface area (Å²) in [5.41, 5.74) is 0.296. The number of rotatable bonds is 4. The molecule has 2 aromatic carbocycles. The smallest absolute Gasteiger partial charge is 0.405 e. The number of fused-ring (bicyclic) bond motifs is 3. The molecule has 0 fully saturated rings. The van der Waals surface area contributed by atoms with E-state index in [1.807, 2.05) is 0 Å². The van der Waals surface area contributed by atoms with Gasteiger partial charge in [-0.3, -0.25) is 4.79 Å². The summed E-state index contributed by atoms with van der Waals surface area (Å²) in [5, 5.41) is 7.89. The van der Waals surface area contributed by atoms with E-state index in [4.69, 9.17) is 11.6 Å². The lowest BCUT2D eigenvalue weighted by atomic mass is 10.2. The van der Waals surface area contributed by atoms with Gasteiger partial charge in [-0.15, -0.1) is 18.3 Å².